The van der Waals surface area contributed by atoms with Crippen molar-refractivity contribution < 1.29 is 31.2 Å². The molecular formula is C20H20ClF3N4O4S. The highest BCUT2D eigenvalue weighted by atomic mass is 35.5. The summed E-state index contributed by atoms with van der Waals surface area (Å²) in [5, 5.41) is 5.89. The third-order valence-corrected chi connectivity index (χ3v) is 5.65. The average molecular weight is 505 g/mol. The lowest BCUT2D eigenvalue weighted by Crippen LogP contribution is -2.39. The Morgan fingerprint density at radius 3 is 2.36 bits per heavy atom. The zero-order valence-electron chi connectivity index (χ0n) is 17.7. The number of sulfonamides is 1. The Morgan fingerprint density at radius 1 is 1.12 bits per heavy atom. The number of hydrogen-bond donors (Lipinski definition) is 2. The predicted molar refractivity (Wildman–Crippen MR) is 120 cm³/mol. The van der Waals surface area contributed by atoms with Crippen LogP contribution in [0, 0.1) is 0 Å². The summed E-state index contributed by atoms with van der Waals surface area (Å²) < 4.78 is 64.3. The molecule has 2 amide bonds. The van der Waals surface area contributed by atoms with Crippen LogP contribution in [0.25, 0.3) is 0 Å². The second-order valence-electron chi connectivity index (χ2n) is 6.93. The predicted octanol–water partition coefficient (Wildman–Crippen LogP) is 3.62. The molecule has 0 aliphatic carbocycles. The SMILES string of the molecule is CC(=O)Nc1cccc(/C(C)=N\NC(=O)CN(c2ccc(Cl)c(C(F)(F)F)c2)S(C)(=O)=O)c1. The summed E-state index contributed by atoms with van der Waals surface area (Å²) in [5.41, 5.74) is 1.97. The van der Waals surface area contributed by atoms with Crippen molar-refractivity contribution in [1.82, 2.24) is 5.43 Å². The zero-order valence-corrected chi connectivity index (χ0v) is 19.3. The average Bonchev–Trinajstić information content (AvgIpc) is 2.69. The van der Waals surface area contributed by atoms with Gasteiger partial charge in [-0.2, -0.15) is 18.3 Å². The van der Waals surface area contributed by atoms with Gasteiger partial charge < -0.3 is 5.32 Å². The van der Waals surface area contributed by atoms with Gasteiger partial charge in [-0.25, -0.2) is 13.8 Å². The molecule has 0 aromatic heterocycles. The van der Waals surface area contributed by atoms with Crippen LogP contribution >= 0.6 is 11.6 Å². The molecule has 0 unspecified atom stereocenters. The minimum absolute atomic E-state index is 0.271. The van der Waals surface area contributed by atoms with E-state index in [1.54, 1.807) is 31.2 Å². The lowest BCUT2D eigenvalue weighted by Gasteiger charge is -2.22. The molecule has 0 atom stereocenters. The van der Waals surface area contributed by atoms with Gasteiger partial charge in [0.05, 0.1) is 28.2 Å². The van der Waals surface area contributed by atoms with Crippen molar-refractivity contribution in [3.8, 4) is 0 Å². The van der Waals surface area contributed by atoms with Crippen molar-refractivity contribution >= 4 is 50.5 Å². The van der Waals surface area contributed by atoms with Crippen LogP contribution in [0.5, 0.6) is 0 Å². The first-order valence-electron chi connectivity index (χ1n) is 9.24. The highest BCUT2D eigenvalue weighted by Gasteiger charge is 2.34. The fourth-order valence-corrected chi connectivity index (χ4v) is 3.76. The smallest absolute Gasteiger partial charge is 0.326 e. The van der Waals surface area contributed by atoms with Crippen molar-refractivity contribution in [2.75, 3.05) is 22.4 Å². The molecule has 2 aromatic carbocycles. The van der Waals surface area contributed by atoms with Gasteiger partial charge in [0.1, 0.15) is 6.54 Å². The lowest BCUT2D eigenvalue weighted by molar-refractivity contribution is -0.137. The van der Waals surface area contributed by atoms with Crippen molar-refractivity contribution in [2.45, 2.75) is 20.0 Å². The van der Waals surface area contributed by atoms with E-state index in [4.69, 9.17) is 11.6 Å². The highest BCUT2D eigenvalue weighted by molar-refractivity contribution is 7.92. The van der Waals surface area contributed by atoms with Gasteiger partial charge in [-0.15, -0.1) is 0 Å². The second kappa shape index (κ2) is 10.2. The molecule has 0 heterocycles. The van der Waals surface area contributed by atoms with E-state index in [-0.39, 0.29) is 11.6 Å². The van der Waals surface area contributed by atoms with E-state index in [9.17, 15) is 31.2 Å². The minimum atomic E-state index is -4.81. The molecule has 0 saturated heterocycles. The van der Waals surface area contributed by atoms with Crippen molar-refractivity contribution in [3.63, 3.8) is 0 Å². The summed E-state index contributed by atoms with van der Waals surface area (Å²) in [7, 11) is -4.12. The number of benzene rings is 2. The first-order chi connectivity index (χ1) is 15.2. The van der Waals surface area contributed by atoms with Gasteiger partial charge in [0.2, 0.25) is 15.9 Å². The van der Waals surface area contributed by atoms with Gasteiger partial charge in [0.15, 0.2) is 0 Å². The Balaban J connectivity index is 2.23. The van der Waals surface area contributed by atoms with Gasteiger partial charge in [-0.1, -0.05) is 23.7 Å². The van der Waals surface area contributed by atoms with Gasteiger partial charge in [-0.05, 0) is 42.8 Å². The fourth-order valence-electron chi connectivity index (χ4n) is 2.69. The van der Waals surface area contributed by atoms with Gasteiger partial charge in [-0.3, -0.25) is 13.9 Å². The summed E-state index contributed by atoms with van der Waals surface area (Å²) in [6.45, 7) is 2.09. The van der Waals surface area contributed by atoms with E-state index in [1.807, 2.05) is 0 Å². The molecule has 0 aliphatic heterocycles. The number of halogens is 4. The maximum atomic E-state index is 13.1. The van der Waals surface area contributed by atoms with Crippen molar-refractivity contribution in [1.29, 1.82) is 0 Å². The van der Waals surface area contributed by atoms with E-state index in [1.165, 1.54) is 6.92 Å². The minimum Gasteiger partial charge on any atom is -0.326 e. The maximum absolute atomic E-state index is 13.1. The Labute approximate surface area is 193 Å². The molecular weight excluding hydrogens is 485 g/mol. The van der Waals surface area contributed by atoms with Crippen LogP contribution in [-0.4, -0.2) is 38.7 Å². The molecule has 0 bridgehead atoms. The van der Waals surface area contributed by atoms with Gasteiger partial charge in [0, 0.05) is 12.6 Å². The van der Waals surface area contributed by atoms with Gasteiger partial charge in [0.25, 0.3) is 5.91 Å². The molecule has 0 spiro atoms. The van der Waals surface area contributed by atoms with E-state index in [2.05, 4.69) is 15.8 Å². The Kier molecular flexibility index (Phi) is 8.09. The number of carbonyl (C=O) groups excluding carboxylic acids is 2. The van der Waals surface area contributed by atoms with E-state index >= 15 is 0 Å². The molecule has 2 aromatic rings. The molecule has 0 aliphatic rings. The summed E-state index contributed by atoms with van der Waals surface area (Å²) in [5.74, 6) is -1.16. The maximum Gasteiger partial charge on any atom is 0.417 e. The fraction of sp³-hybridized carbons (Fsp3) is 0.250. The number of nitrogens with one attached hydrogen (secondary N) is 2. The topological polar surface area (TPSA) is 108 Å². The van der Waals surface area contributed by atoms with E-state index < -0.39 is 39.2 Å². The molecule has 0 saturated carbocycles. The number of alkyl halides is 3. The number of anilines is 2. The normalized spacial score (nSPS) is 12.3. The van der Waals surface area contributed by atoms with Crippen molar-refractivity contribution in [3.05, 3.63) is 58.6 Å². The first-order valence-corrected chi connectivity index (χ1v) is 11.5. The molecule has 33 heavy (non-hydrogen) atoms. The number of hydrazone groups is 1. The number of amides is 2. The summed E-state index contributed by atoms with van der Waals surface area (Å²) in [6, 6.07) is 9.12. The van der Waals surface area contributed by atoms with Crippen molar-refractivity contribution in [2.24, 2.45) is 5.10 Å². The van der Waals surface area contributed by atoms with Crippen LogP contribution in [0.3, 0.4) is 0 Å². The number of nitrogens with zero attached hydrogens (tertiary/aromatic N) is 2. The summed E-state index contributed by atoms with van der Waals surface area (Å²) in [4.78, 5) is 23.5. The van der Waals surface area contributed by atoms with Crippen LogP contribution in [0.4, 0.5) is 24.5 Å². The van der Waals surface area contributed by atoms with Crippen LogP contribution in [0.1, 0.15) is 25.0 Å². The molecule has 178 valence electrons. The van der Waals surface area contributed by atoms with E-state index in [0.717, 1.165) is 18.4 Å². The number of rotatable bonds is 7. The summed E-state index contributed by atoms with van der Waals surface area (Å²) in [6.07, 6.45) is -4.06. The molecule has 0 radical (unpaired) electrons. The molecule has 0 fully saturated rings. The first kappa shape index (κ1) is 26.1. The third kappa shape index (κ3) is 7.46. The standard InChI is InChI=1S/C20H20ClF3N4O4S/c1-12(14-5-4-6-15(9-14)25-13(2)29)26-27-19(30)11-28(33(3,31)32)16-7-8-18(21)17(10-16)20(22,23)24/h4-10H,11H2,1-3H3,(H,25,29)(H,27,30)/b26-12-. The Hall–Kier alpha value is -3.12. The van der Waals surface area contributed by atoms with Crippen LogP contribution < -0.4 is 15.0 Å². The Morgan fingerprint density at radius 2 is 1.79 bits per heavy atom. The van der Waals surface area contributed by atoms with Gasteiger partial charge >= 0.3 is 6.18 Å². The Bertz CT molecular complexity index is 1200. The molecule has 2 rings (SSSR count). The van der Waals surface area contributed by atoms with Crippen LogP contribution in [0.2, 0.25) is 5.02 Å². The van der Waals surface area contributed by atoms with E-state index in [0.29, 0.717) is 27.3 Å². The monoisotopic (exact) mass is 504 g/mol. The molecule has 2 N–H and O–H groups in total. The highest BCUT2D eigenvalue weighted by Crippen LogP contribution is 2.37. The van der Waals surface area contributed by atoms with Crippen LogP contribution in [0.15, 0.2) is 47.6 Å². The largest absolute Gasteiger partial charge is 0.417 e. The van der Waals surface area contributed by atoms with Crippen LogP contribution in [-0.2, 0) is 25.8 Å². The molecule has 13 heteroatoms. The second-order valence-corrected chi connectivity index (χ2v) is 9.24. The number of hydrogen-bond acceptors (Lipinski definition) is 5. The quantitative estimate of drug-likeness (QED) is 0.443. The third-order valence-electron chi connectivity index (χ3n) is 4.18. The zero-order chi connectivity index (χ0) is 25.0. The molecule has 8 nitrogen and oxygen atoms in total. The summed E-state index contributed by atoms with van der Waals surface area (Å²) >= 11 is 5.58. The number of carbonyl (C=O) groups is 2. The lowest BCUT2D eigenvalue weighted by atomic mass is 10.1.